The first kappa shape index (κ1) is 40.4. The van der Waals surface area contributed by atoms with Gasteiger partial charge in [0.05, 0.1) is 6.10 Å². The van der Waals surface area contributed by atoms with Gasteiger partial charge in [-0.1, -0.05) is 78.9 Å². The number of fused-ring (bicyclic) bond motifs is 3. The van der Waals surface area contributed by atoms with Crippen LogP contribution in [0.3, 0.4) is 0 Å². The molecule has 0 unspecified atom stereocenters. The molecule has 1 fully saturated rings. The summed E-state index contributed by atoms with van der Waals surface area (Å²) in [6.07, 6.45) is -9.72. The van der Waals surface area contributed by atoms with E-state index in [-0.39, 0.29) is 19.1 Å². The molecule has 15 nitrogen and oxygen atoms in total. The largest absolute Gasteiger partial charge is 0.463 e. The molecule has 1 N–H and O–H groups in total. The third-order valence-corrected chi connectivity index (χ3v) is 8.86. The van der Waals surface area contributed by atoms with E-state index < -0.39 is 85.4 Å². The Kier molecular flexibility index (Phi) is 13.6. The van der Waals surface area contributed by atoms with Crippen LogP contribution in [0, 0.1) is 0 Å². The zero-order valence-electron chi connectivity index (χ0n) is 31.0. The third-order valence-electron chi connectivity index (χ3n) is 8.86. The van der Waals surface area contributed by atoms with E-state index in [1.165, 1.54) is 6.92 Å². The molecule has 0 radical (unpaired) electrons. The normalized spacial score (nSPS) is 21.1. The molecule has 0 aromatic heterocycles. The van der Waals surface area contributed by atoms with Crippen LogP contribution in [0.5, 0.6) is 0 Å². The number of hydrogen-bond acceptors (Lipinski definition) is 14. The fraction of sp³-hybridized carbons (Fsp3) is 0.400. The summed E-state index contributed by atoms with van der Waals surface area (Å²) in [6.45, 7) is 5.14. The molecule has 1 saturated heterocycles. The second kappa shape index (κ2) is 18.5. The molecule has 0 spiro atoms. The lowest BCUT2D eigenvalue weighted by Crippen LogP contribution is -2.64. The molecular weight excluding hydrogens is 718 g/mol. The first-order valence-electron chi connectivity index (χ1n) is 17.6. The molecule has 3 aromatic carbocycles. The highest BCUT2D eigenvalue weighted by molar-refractivity contribution is 5.82. The predicted molar refractivity (Wildman–Crippen MR) is 191 cm³/mol. The van der Waals surface area contributed by atoms with E-state index in [0.717, 1.165) is 49.9 Å². The SMILES string of the molecule is CC(=O)OC[C@H]1O[C@H](O[C@H](C)[C@H](NC(=O)OCC2c3ccccc3-c3ccccc32)C(=O)OCc2ccccc2)[C@@H](OC(C)=O)[C@@H](OC(C)=O)[C@@H]1OC(C)=O. The minimum absolute atomic E-state index is 0.0550. The van der Waals surface area contributed by atoms with Crippen molar-refractivity contribution in [2.75, 3.05) is 13.2 Å². The van der Waals surface area contributed by atoms with Crippen molar-refractivity contribution in [1.29, 1.82) is 0 Å². The number of carbonyl (C=O) groups excluding carboxylic acids is 6. The maximum atomic E-state index is 13.7. The van der Waals surface area contributed by atoms with Crippen LogP contribution < -0.4 is 5.32 Å². The Balaban J connectivity index is 1.39. The first-order chi connectivity index (χ1) is 26.3. The quantitative estimate of drug-likeness (QED) is 0.182. The molecule has 1 heterocycles. The van der Waals surface area contributed by atoms with Crippen LogP contribution in [-0.2, 0) is 68.5 Å². The number of esters is 5. The molecule has 292 valence electrons. The van der Waals surface area contributed by atoms with Crippen LogP contribution in [0.1, 0.15) is 57.2 Å². The Morgan fingerprint density at radius 3 is 1.76 bits per heavy atom. The van der Waals surface area contributed by atoms with Gasteiger partial charge in [-0.25, -0.2) is 9.59 Å². The molecule has 1 aliphatic carbocycles. The average Bonchev–Trinajstić information content (AvgIpc) is 3.46. The lowest BCUT2D eigenvalue weighted by Gasteiger charge is -2.45. The fourth-order valence-corrected chi connectivity index (χ4v) is 6.54. The van der Waals surface area contributed by atoms with Gasteiger partial charge in [-0.2, -0.15) is 0 Å². The van der Waals surface area contributed by atoms with Crippen molar-refractivity contribution in [3.63, 3.8) is 0 Å². The first-order valence-corrected chi connectivity index (χ1v) is 17.6. The van der Waals surface area contributed by atoms with Gasteiger partial charge in [-0.05, 0) is 34.7 Å². The minimum atomic E-state index is -1.63. The van der Waals surface area contributed by atoms with Crippen LogP contribution in [0.2, 0.25) is 0 Å². The van der Waals surface area contributed by atoms with Crippen molar-refractivity contribution in [2.45, 2.75) is 90.0 Å². The van der Waals surface area contributed by atoms with Crippen molar-refractivity contribution >= 4 is 35.9 Å². The fourth-order valence-electron chi connectivity index (χ4n) is 6.54. The van der Waals surface area contributed by atoms with Crippen molar-refractivity contribution < 1.29 is 66.7 Å². The number of rotatable bonds is 14. The Bertz CT molecular complexity index is 1820. The smallest absolute Gasteiger partial charge is 0.407 e. The molecule has 0 saturated carbocycles. The molecule has 3 aromatic rings. The average molecular weight is 762 g/mol. The third kappa shape index (κ3) is 10.5. The molecule has 0 bridgehead atoms. The summed E-state index contributed by atoms with van der Waals surface area (Å²) >= 11 is 0. The van der Waals surface area contributed by atoms with Gasteiger partial charge in [-0.3, -0.25) is 19.2 Å². The molecule has 7 atom stereocenters. The van der Waals surface area contributed by atoms with Crippen LogP contribution >= 0.6 is 0 Å². The number of benzene rings is 3. The van der Waals surface area contributed by atoms with Gasteiger partial charge in [0.1, 0.15) is 25.9 Å². The second-order valence-electron chi connectivity index (χ2n) is 12.9. The summed E-state index contributed by atoms with van der Waals surface area (Å²) < 4.78 is 45.0. The molecule has 55 heavy (non-hydrogen) atoms. The van der Waals surface area contributed by atoms with E-state index in [2.05, 4.69) is 5.32 Å². The molecular formula is C40H43NO14. The Morgan fingerprint density at radius 2 is 1.18 bits per heavy atom. The van der Waals surface area contributed by atoms with Crippen LogP contribution in [-0.4, -0.2) is 92.0 Å². The highest BCUT2D eigenvalue weighted by Gasteiger charge is 2.53. The van der Waals surface area contributed by atoms with Gasteiger partial charge in [-0.15, -0.1) is 0 Å². The number of amides is 1. The summed E-state index contributed by atoms with van der Waals surface area (Å²) in [5.41, 5.74) is 4.69. The summed E-state index contributed by atoms with van der Waals surface area (Å²) in [4.78, 5) is 75.7. The maximum absolute atomic E-state index is 13.7. The van der Waals surface area contributed by atoms with Crippen molar-refractivity contribution in [3.05, 3.63) is 95.6 Å². The van der Waals surface area contributed by atoms with E-state index in [1.807, 2.05) is 48.5 Å². The van der Waals surface area contributed by atoms with Crippen molar-refractivity contribution in [1.82, 2.24) is 5.32 Å². The molecule has 15 heteroatoms. The van der Waals surface area contributed by atoms with Crippen molar-refractivity contribution in [3.8, 4) is 11.1 Å². The van der Waals surface area contributed by atoms with Gasteiger partial charge < -0.3 is 43.2 Å². The lowest BCUT2D eigenvalue weighted by atomic mass is 9.98. The number of hydrogen-bond donors (Lipinski definition) is 1. The maximum Gasteiger partial charge on any atom is 0.407 e. The molecule has 5 rings (SSSR count). The number of ether oxygens (including phenoxy) is 8. The number of alkyl carbamates (subject to hydrolysis) is 1. The van der Waals surface area contributed by atoms with E-state index in [4.69, 9.17) is 37.9 Å². The zero-order chi connectivity index (χ0) is 39.6. The molecule has 2 aliphatic rings. The number of carbonyl (C=O) groups is 6. The molecule has 1 amide bonds. The summed E-state index contributed by atoms with van der Waals surface area (Å²) in [6, 6.07) is 22.9. The Labute approximate surface area is 317 Å². The van der Waals surface area contributed by atoms with Crippen molar-refractivity contribution in [2.24, 2.45) is 0 Å². The summed E-state index contributed by atoms with van der Waals surface area (Å²) in [7, 11) is 0. The van der Waals surface area contributed by atoms with Crippen LogP contribution in [0.15, 0.2) is 78.9 Å². The highest BCUT2D eigenvalue weighted by Crippen LogP contribution is 2.44. The van der Waals surface area contributed by atoms with Crippen LogP contribution in [0.25, 0.3) is 11.1 Å². The summed E-state index contributed by atoms with van der Waals surface area (Å²) in [5, 5.41) is 2.55. The van der Waals surface area contributed by atoms with Gasteiger partial charge in [0, 0.05) is 33.6 Å². The van der Waals surface area contributed by atoms with E-state index in [1.54, 1.807) is 30.3 Å². The Morgan fingerprint density at radius 1 is 0.636 bits per heavy atom. The van der Waals surface area contributed by atoms with Gasteiger partial charge >= 0.3 is 35.9 Å². The monoisotopic (exact) mass is 761 g/mol. The van der Waals surface area contributed by atoms with Gasteiger partial charge in [0.15, 0.2) is 30.6 Å². The topological polar surface area (TPSA) is 188 Å². The van der Waals surface area contributed by atoms with E-state index in [0.29, 0.717) is 5.56 Å². The molecule has 1 aliphatic heterocycles. The van der Waals surface area contributed by atoms with E-state index in [9.17, 15) is 28.8 Å². The lowest BCUT2D eigenvalue weighted by molar-refractivity contribution is -0.317. The predicted octanol–water partition coefficient (Wildman–Crippen LogP) is 4.13. The minimum Gasteiger partial charge on any atom is -0.463 e. The van der Waals surface area contributed by atoms with Gasteiger partial charge in [0.2, 0.25) is 0 Å². The number of nitrogens with one attached hydrogen (secondary N) is 1. The zero-order valence-corrected chi connectivity index (χ0v) is 31.0. The second-order valence-corrected chi connectivity index (χ2v) is 12.9. The van der Waals surface area contributed by atoms with Gasteiger partial charge in [0.25, 0.3) is 0 Å². The van der Waals surface area contributed by atoms with Crippen LogP contribution in [0.4, 0.5) is 4.79 Å². The standard InChI is InChI=1S/C40H43NO14/c1-22(51-39-37(54-26(5)45)36(53-25(4)44)35(52-24(3)43)33(55-39)21-48-23(2)42)34(38(46)49-19-27-13-7-6-8-14-27)41-40(47)50-20-32-30-17-11-9-15-28(30)29-16-10-12-18-31(29)32/h6-18,22,32-37,39H,19-21H2,1-5H3,(H,41,47)/t22-,33-,34+,35-,36+,37+,39+/m1/s1. The highest BCUT2D eigenvalue weighted by atomic mass is 16.7. The summed E-state index contributed by atoms with van der Waals surface area (Å²) in [5.74, 6) is -4.36. The Hall–Kier alpha value is -5.80. The van der Waals surface area contributed by atoms with E-state index >= 15 is 0 Å².